The van der Waals surface area contributed by atoms with Gasteiger partial charge in [-0.3, -0.25) is 0 Å². The van der Waals surface area contributed by atoms with Crippen molar-refractivity contribution in [3.63, 3.8) is 0 Å². The van der Waals surface area contributed by atoms with Crippen LogP contribution >= 0.6 is 0 Å². The number of ether oxygens (including phenoxy) is 3. The van der Waals surface area contributed by atoms with Crippen LogP contribution in [-0.4, -0.2) is 73.6 Å². The number of hydrogen-bond acceptors (Lipinski definition) is 5. The molecule has 2 rings (SSSR count). The third-order valence-electron chi connectivity index (χ3n) is 5.36. The Bertz CT molecular complexity index is 991. The van der Waals surface area contributed by atoms with Crippen LogP contribution in [0, 0.1) is 5.82 Å². The van der Waals surface area contributed by atoms with Crippen molar-refractivity contribution in [2.24, 2.45) is 0 Å². The predicted octanol–water partition coefficient (Wildman–Crippen LogP) is 4.83. The Balaban J connectivity index is 1.94. The number of amides is 2. The van der Waals surface area contributed by atoms with Crippen LogP contribution in [0.3, 0.4) is 0 Å². The lowest BCUT2D eigenvalue weighted by molar-refractivity contribution is -0.149. The zero-order chi connectivity index (χ0) is 27.3. The van der Waals surface area contributed by atoms with Gasteiger partial charge in [-0.05, 0) is 36.8 Å². The molecule has 0 aliphatic rings. The lowest BCUT2D eigenvalue weighted by atomic mass is 10.1. The molecule has 0 aliphatic carbocycles. The van der Waals surface area contributed by atoms with Crippen molar-refractivity contribution in [1.82, 2.24) is 4.90 Å². The van der Waals surface area contributed by atoms with Crippen molar-refractivity contribution in [2.45, 2.75) is 38.7 Å². The summed E-state index contributed by atoms with van der Waals surface area (Å²) >= 11 is 0. The van der Waals surface area contributed by atoms with Gasteiger partial charge in [0.2, 0.25) is 0 Å². The fraction of sp³-hybridized carbons (Fsp3) is 0.462. The molecule has 2 amide bonds. The van der Waals surface area contributed by atoms with Gasteiger partial charge < -0.3 is 29.5 Å². The lowest BCUT2D eigenvalue weighted by Crippen LogP contribution is -2.40. The molecular formula is C26H33F3N2O6. The summed E-state index contributed by atoms with van der Waals surface area (Å²) in [6.07, 6.45) is -1.11. The number of carboxylic acids is 1. The van der Waals surface area contributed by atoms with E-state index in [0.29, 0.717) is 5.75 Å². The first kappa shape index (κ1) is 29.9. The quantitative estimate of drug-likeness (QED) is 0.304. The fourth-order valence-corrected chi connectivity index (χ4v) is 3.20. The van der Waals surface area contributed by atoms with Gasteiger partial charge in [0.05, 0.1) is 18.8 Å². The number of rotatable bonds is 16. The minimum atomic E-state index is -2.96. The van der Waals surface area contributed by atoms with E-state index in [4.69, 9.17) is 14.2 Å². The molecule has 0 bridgehead atoms. The highest BCUT2D eigenvalue weighted by molar-refractivity contribution is 5.89. The van der Waals surface area contributed by atoms with Crippen molar-refractivity contribution >= 4 is 17.7 Å². The predicted molar refractivity (Wildman–Crippen MR) is 132 cm³/mol. The molecule has 2 aromatic rings. The highest BCUT2D eigenvalue weighted by atomic mass is 19.3. The molecule has 0 radical (unpaired) electrons. The van der Waals surface area contributed by atoms with Gasteiger partial charge in [-0.1, -0.05) is 31.2 Å². The van der Waals surface area contributed by atoms with Gasteiger partial charge in [-0.2, -0.15) is 0 Å². The van der Waals surface area contributed by atoms with Gasteiger partial charge >= 0.3 is 12.0 Å². The van der Waals surface area contributed by atoms with Crippen LogP contribution in [0.15, 0.2) is 48.5 Å². The maximum Gasteiger partial charge on any atom is 0.333 e. The van der Waals surface area contributed by atoms with E-state index in [-0.39, 0.29) is 51.4 Å². The molecule has 1 unspecified atom stereocenters. The van der Waals surface area contributed by atoms with E-state index in [1.54, 1.807) is 37.3 Å². The largest absolute Gasteiger partial charge is 0.492 e. The number of halogens is 3. The molecule has 0 heterocycles. The van der Waals surface area contributed by atoms with Crippen LogP contribution < -0.4 is 10.1 Å². The second-order valence-corrected chi connectivity index (χ2v) is 8.14. The molecule has 0 saturated heterocycles. The van der Waals surface area contributed by atoms with E-state index in [9.17, 15) is 27.9 Å². The Morgan fingerprint density at radius 1 is 1.05 bits per heavy atom. The van der Waals surface area contributed by atoms with E-state index >= 15 is 0 Å². The van der Waals surface area contributed by atoms with E-state index < -0.39 is 36.5 Å². The summed E-state index contributed by atoms with van der Waals surface area (Å²) in [6, 6.07) is 11.8. The van der Waals surface area contributed by atoms with Gasteiger partial charge in [0.1, 0.15) is 24.8 Å². The number of carbonyl (C=O) groups is 2. The summed E-state index contributed by atoms with van der Waals surface area (Å²) in [4.78, 5) is 25.3. The minimum absolute atomic E-state index is 0.0147. The molecular weight excluding hydrogens is 493 g/mol. The molecule has 11 heteroatoms. The Labute approximate surface area is 214 Å². The van der Waals surface area contributed by atoms with Crippen LogP contribution in [0.4, 0.5) is 23.7 Å². The molecule has 2 N–H and O–H groups in total. The molecule has 1 atom stereocenters. The van der Waals surface area contributed by atoms with Crippen molar-refractivity contribution in [3.8, 4) is 5.75 Å². The number of hydrogen-bond donors (Lipinski definition) is 2. The molecule has 0 aliphatic heterocycles. The fourth-order valence-electron chi connectivity index (χ4n) is 3.20. The molecule has 0 aromatic heterocycles. The molecule has 204 valence electrons. The topological polar surface area (TPSA) is 97.3 Å². The Hall–Kier alpha value is -3.31. The number of alkyl halides is 2. The third kappa shape index (κ3) is 10.7. The highest BCUT2D eigenvalue weighted by Gasteiger charge is 2.26. The van der Waals surface area contributed by atoms with Crippen molar-refractivity contribution in [3.05, 3.63) is 59.9 Å². The van der Waals surface area contributed by atoms with Crippen LogP contribution in [0.2, 0.25) is 0 Å². The van der Waals surface area contributed by atoms with Crippen LogP contribution in [0.5, 0.6) is 5.75 Å². The zero-order valence-corrected chi connectivity index (χ0v) is 20.9. The molecule has 37 heavy (non-hydrogen) atoms. The Morgan fingerprint density at radius 3 is 2.35 bits per heavy atom. The standard InChI is InChI=1S/C26H33F3N2O6/c1-3-26(28,29)18-35-15-13-31(25(34)30-22-8-6-5-7-21(22)27)14-16-37-20-11-9-19(10-12-20)17-23(24(32)33)36-4-2/h5-12,23H,3-4,13-18H2,1-2H3,(H,30,34)(H,32,33). The lowest BCUT2D eigenvalue weighted by Gasteiger charge is -2.24. The van der Waals surface area contributed by atoms with Gasteiger partial charge in [0, 0.05) is 26.0 Å². The van der Waals surface area contributed by atoms with E-state index in [0.717, 1.165) is 5.56 Å². The summed E-state index contributed by atoms with van der Waals surface area (Å²) in [7, 11) is 0. The van der Waals surface area contributed by atoms with Gasteiger partial charge in [0.25, 0.3) is 5.92 Å². The van der Waals surface area contributed by atoms with Crippen LogP contribution in [-0.2, 0) is 20.7 Å². The number of anilines is 1. The number of nitrogens with zero attached hydrogens (tertiary/aromatic N) is 1. The Morgan fingerprint density at radius 2 is 1.73 bits per heavy atom. The third-order valence-corrected chi connectivity index (χ3v) is 5.36. The molecule has 0 fully saturated rings. The summed E-state index contributed by atoms with van der Waals surface area (Å²) in [5.74, 6) is -4.12. The second-order valence-electron chi connectivity index (χ2n) is 8.14. The first-order valence-electron chi connectivity index (χ1n) is 12.0. The van der Waals surface area contributed by atoms with Crippen LogP contribution in [0.1, 0.15) is 25.8 Å². The maximum absolute atomic E-state index is 14.0. The number of nitrogens with one attached hydrogen (secondary N) is 1. The number of para-hydroxylation sites is 1. The normalized spacial score (nSPS) is 12.1. The summed E-state index contributed by atoms with van der Waals surface area (Å²) < 4.78 is 56.7. The van der Waals surface area contributed by atoms with E-state index in [1.165, 1.54) is 30.0 Å². The summed E-state index contributed by atoms with van der Waals surface area (Å²) in [5.41, 5.74) is 0.735. The van der Waals surface area contributed by atoms with Gasteiger partial charge in [-0.15, -0.1) is 0 Å². The first-order chi connectivity index (χ1) is 17.6. The second kappa shape index (κ2) is 15.1. The molecule has 8 nitrogen and oxygen atoms in total. The summed E-state index contributed by atoms with van der Waals surface area (Å²) in [5, 5.41) is 11.7. The number of carbonyl (C=O) groups excluding carboxylic acids is 1. The SMILES string of the molecule is CCOC(Cc1ccc(OCCN(CCOCC(F)(F)CC)C(=O)Nc2ccccc2F)cc1)C(=O)O. The van der Waals surface area contributed by atoms with Gasteiger partial charge in [0.15, 0.2) is 6.10 Å². The number of aliphatic carboxylic acids is 1. The molecule has 2 aromatic carbocycles. The summed E-state index contributed by atoms with van der Waals surface area (Å²) in [6.45, 7) is 2.57. The van der Waals surface area contributed by atoms with Crippen LogP contribution in [0.25, 0.3) is 0 Å². The van der Waals surface area contributed by atoms with Crippen molar-refractivity contribution in [1.29, 1.82) is 0 Å². The van der Waals surface area contributed by atoms with E-state index in [1.807, 2.05) is 0 Å². The maximum atomic E-state index is 14.0. The number of urea groups is 1. The number of carboxylic acid groups (broad SMARTS) is 1. The molecule has 0 spiro atoms. The average molecular weight is 527 g/mol. The number of benzene rings is 2. The monoisotopic (exact) mass is 526 g/mol. The first-order valence-corrected chi connectivity index (χ1v) is 12.0. The average Bonchev–Trinajstić information content (AvgIpc) is 2.87. The highest BCUT2D eigenvalue weighted by Crippen LogP contribution is 2.18. The van der Waals surface area contributed by atoms with E-state index in [2.05, 4.69) is 5.32 Å². The van der Waals surface area contributed by atoms with Crippen molar-refractivity contribution < 1.29 is 42.1 Å². The molecule has 0 saturated carbocycles. The van der Waals surface area contributed by atoms with Gasteiger partial charge in [-0.25, -0.2) is 22.8 Å². The Kier molecular flexibility index (Phi) is 12.2. The smallest absolute Gasteiger partial charge is 0.333 e. The zero-order valence-electron chi connectivity index (χ0n) is 20.9. The van der Waals surface area contributed by atoms with Crippen molar-refractivity contribution in [2.75, 3.05) is 44.8 Å². The minimum Gasteiger partial charge on any atom is -0.492 e.